The first-order valence-corrected chi connectivity index (χ1v) is 11.3. The molecule has 0 N–H and O–H groups in total. The molecule has 0 amide bonds. The molecular formula is C30H24N2O2. The van der Waals surface area contributed by atoms with E-state index >= 15 is 0 Å². The van der Waals surface area contributed by atoms with E-state index in [9.17, 15) is 0 Å². The van der Waals surface area contributed by atoms with Crippen molar-refractivity contribution in [1.29, 1.82) is 0 Å². The molecule has 0 saturated heterocycles. The van der Waals surface area contributed by atoms with Crippen molar-refractivity contribution in [3.05, 3.63) is 119 Å². The Morgan fingerprint density at radius 3 is 1.00 bits per heavy atom. The van der Waals surface area contributed by atoms with Gasteiger partial charge in [0.15, 0.2) is 0 Å². The Morgan fingerprint density at radius 2 is 0.735 bits per heavy atom. The van der Waals surface area contributed by atoms with Crippen LogP contribution in [0.4, 0.5) is 0 Å². The lowest BCUT2D eigenvalue weighted by Crippen LogP contribution is -2.51. The Kier molecular flexibility index (Phi) is 4.63. The largest absolute Gasteiger partial charge is 0.399 e. The van der Waals surface area contributed by atoms with Crippen molar-refractivity contribution in [3.63, 3.8) is 0 Å². The van der Waals surface area contributed by atoms with Gasteiger partial charge in [-0.1, -0.05) is 107 Å². The van der Waals surface area contributed by atoms with Crippen LogP contribution in [0.1, 0.15) is 22.3 Å². The topological polar surface area (TPSA) is 43.2 Å². The number of benzene rings is 4. The van der Waals surface area contributed by atoms with Crippen LogP contribution >= 0.6 is 0 Å². The summed E-state index contributed by atoms with van der Waals surface area (Å²) in [5.74, 6) is 0. The number of fused-ring (bicyclic) bond motifs is 6. The first-order chi connectivity index (χ1) is 16.8. The number of nitrogens with zero attached hydrogens (tertiary/aromatic N) is 2. The second kappa shape index (κ2) is 7.70. The fraction of sp³-hybridized carbons (Fsp3) is 0.133. The van der Waals surface area contributed by atoms with Crippen molar-refractivity contribution in [2.45, 2.75) is 10.8 Å². The fourth-order valence-corrected chi connectivity index (χ4v) is 6.13. The van der Waals surface area contributed by atoms with Crippen LogP contribution < -0.4 is 0 Å². The number of hydrogen-bond acceptors (Lipinski definition) is 4. The molecule has 4 heteroatoms. The van der Waals surface area contributed by atoms with Crippen LogP contribution in [-0.4, -0.2) is 26.6 Å². The van der Waals surface area contributed by atoms with Gasteiger partial charge in [-0.3, -0.25) is 0 Å². The highest BCUT2D eigenvalue weighted by Crippen LogP contribution is 2.63. The van der Waals surface area contributed by atoms with Crippen LogP contribution in [0.25, 0.3) is 22.3 Å². The molecule has 166 valence electrons. The van der Waals surface area contributed by atoms with Crippen molar-refractivity contribution < 1.29 is 9.68 Å². The van der Waals surface area contributed by atoms with Crippen molar-refractivity contribution >= 4 is 12.4 Å². The van der Waals surface area contributed by atoms with Crippen LogP contribution in [0, 0.1) is 0 Å². The average molecular weight is 445 g/mol. The summed E-state index contributed by atoms with van der Waals surface area (Å²) in [6, 6.07) is 34.3. The highest BCUT2D eigenvalue weighted by molar-refractivity contribution is 6.06. The number of rotatable bonds is 5. The van der Waals surface area contributed by atoms with Gasteiger partial charge in [-0.05, 0) is 44.5 Å². The van der Waals surface area contributed by atoms with E-state index in [1.165, 1.54) is 22.3 Å². The molecule has 0 fully saturated rings. The van der Waals surface area contributed by atoms with E-state index in [0.29, 0.717) is 0 Å². The summed E-state index contributed by atoms with van der Waals surface area (Å²) in [4.78, 5) is 10.7. The normalized spacial score (nSPS) is 16.2. The maximum absolute atomic E-state index is 5.34. The molecule has 0 radical (unpaired) electrons. The van der Waals surface area contributed by atoms with E-state index in [4.69, 9.17) is 9.68 Å². The summed E-state index contributed by atoms with van der Waals surface area (Å²) in [6.07, 6.45) is 3.91. The molecular weight excluding hydrogens is 420 g/mol. The second-order valence-corrected chi connectivity index (χ2v) is 8.63. The molecule has 6 rings (SSSR count). The Bertz CT molecular complexity index is 1250. The van der Waals surface area contributed by atoms with Gasteiger partial charge in [0.1, 0.15) is 14.2 Å². The van der Waals surface area contributed by atoms with E-state index in [1.54, 1.807) is 14.2 Å². The van der Waals surface area contributed by atoms with E-state index in [1.807, 2.05) is 12.4 Å². The van der Waals surface area contributed by atoms with Gasteiger partial charge < -0.3 is 9.68 Å². The van der Waals surface area contributed by atoms with Crippen LogP contribution in [0.3, 0.4) is 0 Å². The number of oxime groups is 2. The van der Waals surface area contributed by atoms with Crippen LogP contribution in [0.2, 0.25) is 0 Å². The third-order valence-corrected chi connectivity index (χ3v) is 7.31. The van der Waals surface area contributed by atoms with Crippen LogP contribution in [-0.2, 0) is 20.5 Å². The summed E-state index contributed by atoms with van der Waals surface area (Å²) in [6.45, 7) is 0. The zero-order valence-electron chi connectivity index (χ0n) is 19.1. The quantitative estimate of drug-likeness (QED) is 0.272. The first-order valence-electron chi connectivity index (χ1n) is 11.3. The van der Waals surface area contributed by atoms with E-state index in [0.717, 1.165) is 22.3 Å². The lowest BCUT2D eigenvalue weighted by Gasteiger charge is -2.44. The van der Waals surface area contributed by atoms with Gasteiger partial charge in [0, 0.05) is 0 Å². The summed E-state index contributed by atoms with van der Waals surface area (Å²) in [5, 5.41) is 8.88. The van der Waals surface area contributed by atoms with E-state index in [2.05, 4.69) is 107 Å². The molecule has 0 atom stereocenters. The molecule has 0 bridgehead atoms. The van der Waals surface area contributed by atoms with Crippen LogP contribution in [0.15, 0.2) is 107 Å². The Morgan fingerprint density at radius 1 is 0.471 bits per heavy atom. The maximum atomic E-state index is 5.34. The van der Waals surface area contributed by atoms with Crippen molar-refractivity contribution in [1.82, 2.24) is 0 Å². The molecule has 0 unspecified atom stereocenters. The highest BCUT2D eigenvalue weighted by Gasteiger charge is 2.61. The highest BCUT2D eigenvalue weighted by atomic mass is 16.6. The molecule has 0 aromatic heterocycles. The first kappa shape index (κ1) is 20.4. The van der Waals surface area contributed by atoms with Gasteiger partial charge in [-0.15, -0.1) is 0 Å². The maximum Gasteiger partial charge on any atom is 0.106 e. The lowest BCUT2D eigenvalue weighted by atomic mass is 9.55. The number of hydrogen-bond donors (Lipinski definition) is 0. The minimum absolute atomic E-state index is 0.721. The summed E-state index contributed by atoms with van der Waals surface area (Å²) in [7, 11) is 3.17. The minimum atomic E-state index is -0.721. The van der Waals surface area contributed by atoms with Gasteiger partial charge in [0.2, 0.25) is 0 Å². The Labute approximate surface area is 199 Å². The van der Waals surface area contributed by atoms with Crippen molar-refractivity contribution in [2.75, 3.05) is 14.2 Å². The third-order valence-electron chi connectivity index (χ3n) is 7.31. The minimum Gasteiger partial charge on any atom is -0.399 e. The fourth-order valence-electron chi connectivity index (χ4n) is 6.13. The average Bonchev–Trinajstić information content (AvgIpc) is 3.36. The molecule has 2 aliphatic rings. The molecule has 0 saturated carbocycles. The smallest absolute Gasteiger partial charge is 0.106 e. The van der Waals surface area contributed by atoms with Gasteiger partial charge >= 0.3 is 0 Å². The Balaban J connectivity index is 1.86. The summed E-state index contributed by atoms with van der Waals surface area (Å²) >= 11 is 0. The van der Waals surface area contributed by atoms with Gasteiger partial charge in [0.25, 0.3) is 0 Å². The van der Waals surface area contributed by atoms with Gasteiger partial charge in [-0.25, -0.2) is 0 Å². The monoisotopic (exact) mass is 444 g/mol. The van der Waals surface area contributed by atoms with E-state index in [-0.39, 0.29) is 0 Å². The lowest BCUT2D eigenvalue weighted by molar-refractivity contribution is 0.209. The van der Waals surface area contributed by atoms with E-state index < -0.39 is 10.8 Å². The molecule has 34 heavy (non-hydrogen) atoms. The third kappa shape index (κ3) is 2.43. The zero-order valence-corrected chi connectivity index (χ0v) is 19.1. The Hall–Kier alpha value is -4.18. The molecule has 0 heterocycles. The molecule has 0 aliphatic heterocycles. The SMILES string of the molecule is CON=CC1(C2(/C=N/OC)c3ccccc3-c3ccccc32)c2ccccc2-c2ccccc21. The summed E-state index contributed by atoms with van der Waals surface area (Å²) in [5.41, 5.74) is 7.94. The molecule has 4 nitrogen and oxygen atoms in total. The van der Waals surface area contributed by atoms with Gasteiger partial charge in [-0.2, -0.15) is 0 Å². The standard InChI is InChI=1S/C30H24N2O2/c1-33-31-19-29(25-15-7-3-11-21(25)22-12-4-8-16-26(22)29)30(20-32-34-2)27-17-9-5-13-23(27)24-14-6-10-18-28(24)30/h3-20H,1-2H3/b31-19+,32-20?. The predicted octanol–water partition coefficient (Wildman–Crippen LogP) is 6.18. The van der Waals surface area contributed by atoms with Gasteiger partial charge in [0.05, 0.1) is 23.3 Å². The van der Waals surface area contributed by atoms with Crippen molar-refractivity contribution in [3.8, 4) is 22.3 Å². The zero-order chi connectivity index (χ0) is 23.2. The molecule has 2 aliphatic carbocycles. The van der Waals surface area contributed by atoms with Crippen molar-refractivity contribution in [2.24, 2.45) is 10.3 Å². The second-order valence-electron chi connectivity index (χ2n) is 8.63. The summed E-state index contributed by atoms with van der Waals surface area (Å²) < 4.78 is 0. The van der Waals surface area contributed by atoms with Crippen LogP contribution in [0.5, 0.6) is 0 Å². The molecule has 4 aromatic carbocycles. The molecule has 0 spiro atoms. The molecule has 4 aromatic rings. The predicted molar refractivity (Wildman–Crippen MR) is 136 cm³/mol.